The van der Waals surface area contributed by atoms with Gasteiger partial charge in [0.05, 0.1) is 12.2 Å². The smallest absolute Gasteiger partial charge is 0.200 e. The van der Waals surface area contributed by atoms with Crippen LogP contribution >= 0.6 is 0 Å². The Bertz CT molecular complexity index is 654. The van der Waals surface area contributed by atoms with Gasteiger partial charge in [0, 0.05) is 0 Å². The molecule has 1 nitrogen and oxygen atoms in total. The number of hydrogen-bond acceptors (Lipinski definition) is 1. The monoisotopic (exact) mass is 292 g/mol. The van der Waals surface area contributed by atoms with Crippen molar-refractivity contribution >= 4 is 0 Å². The first-order valence-electron chi connectivity index (χ1n) is 5.29. The highest BCUT2D eigenvalue weighted by Crippen LogP contribution is 2.33. The molecule has 0 aliphatic carbocycles. The van der Waals surface area contributed by atoms with E-state index in [4.69, 9.17) is 5.11 Å². The second kappa shape index (κ2) is 5.16. The first kappa shape index (κ1) is 14.4. The van der Waals surface area contributed by atoms with Gasteiger partial charge >= 0.3 is 0 Å². The van der Waals surface area contributed by atoms with Crippen LogP contribution in [0.4, 0.5) is 26.3 Å². The van der Waals surface area contributed by atoms with Gasteiger partial charge in [-0.1, -0.05) is 6.07 Å². The zero-order valence-electron chi connectivity index (χ0n) is 9.65. The molecular weight excluding hydrogens is 286 g/mol. The van der Waals surface area contributed by atoms with Crippen molar-refractivity contribution in [2.75, 3.05) is 0 Å². The average molecular weight is 292 g/mol. The summed E-state index contributed by atoms with van der Waals surface area (Å²) in [6.07, 6.45) is 0. The zero-order valence-corrected chi connectivity index (χ0v) is 9.65. The van der Waals surface area contributed by atoms with Crippen molar-refractivity contribution in [2.24, 2.45) is 0 Å². The van der Waals surface area contributed by atoms with E-state index in [1.54, 1.807) is 0 Å². The van der Waals surface area contributed by atoms with E-state index in [9.17, 15) is 26.3 Å². The van der Waals surface area contributed by atoms with Crippen LogP contribution in [-0.4, -0.2) is 5.11 Å². The molecule has 2 aromatic carbocycles. The summed E-state index contributed by atoms with van der Waals surface area (Å²) in [6, 6.07) is 2.47. The van der Waals surface area contributed by atoms with Crippen molar-refractivity contribution in [3.05, 3.63) is 58.7 Å². The standard InChI is InChI=1S/C13H6F6O/c14-6-2-1-5(4-20)7(3-6)8-9(15)11(17)13(19)12(18)10(8)16/h1-3,20H,4H2. The minimum atomic E-state index is -2.30. The number of benzene rings is 2. The van der Waals surface area contributed by atoms with Crippen molar-refractivity contribution < 1.29 is 31.4 Å². The number of aliphatic hydroxyl groups is 1. The maximum Gasteiger partial charge on any atom is 0.200 e. The fourth-order valence-electron chi connectivity index (χ4n) is 1.76. The number of aliphatic hydroxyl groups excluding tert-OH is 1. The number of halogens is 6. The highest BCUT2D eigenvalue weighted by molar-refractivity contribution is 5.69. The van der Waals surface area contributed by atoms with Gasteiger partial charge in [0.15, 0.2) is 23.3 Å². The Morgan fingerprint density at radius 2 is 1.25 bits per heavy atom. The molecule has 2 rings (SSSR count). The quantitative estimate of drug-likeness (QED) is 0.508. The van der Waals surface area contributed by atoms with Crippen LogP contribution in [-0.2, 0) is 6.61 Å². The van der Waals surface area contributed by atoms with Crippen LogP contribution in [0, 0.1) is 34.9 Å². The maximum atomic E-state index is 13.6. The summed E-state index contributed by atoms with van der Waals surface area (Å²) in [5, 5.41) is 9.02. The van der Waals surface area contributed by atoms with Crippen molar-refractivity contribution in [2.45, 2.75) is 6.61 Å². The molecule has 2 aromatic rings. The summed E-state index contributed by atoms with van der Waals surface area (Å²) in [5.41, 5.74) is -2.04. The van der Waals surface area contributed by atoms with E-state index in [0.29, 0.717) is 6.07 Å². The van der Waals surface area contributed by atoms with Crippen molar-refractivity contribution in [3.8, 4) is 11.1 Å². The first-order valence-corrected chi connectivity index (χ1v) is 5.29. The Balaban J connectivity index is 2.86. The van der Waals surface area contributed by atoms with Gasteiger partial charge in [-0.2, -0.15) is 0 Å². The molecular formula is C13H6F6O. The maximum absolute atomic E-state index is 13.6. The molecule has 0 spiro atoms. The molecule has 0 unspecified atom stereocenters. The molecule has 0 saturated heterocycles. The lowest BCUT2D eigenvalue weighted by molar-refractivity contribution is 0.282. The van der Waals surface area contributed by atoms with Gasteiger partial charge in [-0.15, -0.1) is 0 Å². The lowest BCUT2D eigenvalue weighted by Crippen LogP contribution is -2.05. The molecule has 20 heavy (non-hydrogen) atoms. The van der Waals surface area contributed by atoms with Crippen molar-refractivity contribution in [1.29, 1.82) is 0 Å². The Hall–Kier alpha value is -2.02. The third kappa shape index (κ3) is 2.14. The van der Waals surface area contributed by atoms with E-state index >= 15 is 0 Å². The van der Waals surface area contributed by atoms with Gasteiger partial charge in [0.2, 0.25) is 5.82 Å². The van der Waals surface area contributed by atoms with Gasteiger partial charge in [0.1, 0.15) is 5.82 Å². The Kier molecular flexibility index (Phi) is 3.71. The van der Waals surface area contributed by atoms with Gasteiger partial charge < -0.3 is 5.11 Å². The topological polar surface area (TPSA) is 20.2 Å². The van der Waals surface area contributed by atoms with Crippen LogP contribution < -0.4 is 0 Å². The second-order valence-corrected chi connectivity index (χ2v) is 3.90. The molecule has 106 valence electrons. The van der Waals surface area contributed by atoms with Crippen LogP contribution in [0.2, 0.25) is 0 Å². The summed E-state index contributed by atoms with van der Waals surface area (Å²) in [5.74, 6) is -11.7. The molecule has 0 saturated carbocycles. The Labute approximate surface area is 109 Å². The molecule has 7 heteroatoms. The summed E-state index contributed by atoms with van der Waals surface area (Å²) in [4.78, 5) is 0. The van der Waals surface area contributed by atoms with E-state index in [0.717, 1.165) is 12.1 Å². The van der Waals surface area contributed by atoms with Gasteiger partial charge in [-0.05, 0) is 23.3 Å². The summed E-state index contributed by atoms with van der Waals surface area (Å²) < 4.78 is 79.5. The predicted molar refractivity (Wildman–Crippen MR) is 57.5 cm³/mol. The van der Waals surface area contributed by atoms with E-state index in [2.05, 4.69) is 0 Å². The minimum Gasteiger partial charge on any atom is -0.392 e. The lowest BCUT2D eigenvalue weighted by atomic mass is 9.98. The van der Waals surface area contributed by atoms with Crippen LogP contribution in [0.25, 0.3) is 11.1 Å². The fourth-order valence-corrected chi connectivity index (χ4v) is 1.76. The van der Waals surface area contributed by atoms with E-state index in [1.807, 2.05) is 0 Å². The molecule has 0 aliphatic rings. The van der Waals surface area contributed by atoms with E-state index in [1.165, 1.54) is 0 Å². The number of rotatable bonds is 2. The largest absolute Gasteiger partial charge is 0.392 e. The van der Waals surface area contributed by atoms with Crippen LogP contribution in [0.1, 0.15) is 5.56 Å². The molecule has 0 bridgehead atoms. The van der Waals surface area contributed by atoms with Crippen molar-refractivity contribution in [1.82, 2.24) is 0 Å². The predicted octanol–water partition coefficient (Wildman–Crippen LogP) is 3.68. The minimum absolute atomic E-state index is 0.172. The second-order valence-electron chi connectivity index (χ2n) is 3.90. The normalized spacial score (nSPS) is 10.9. The molecule has 0 aromatic heterocycles. The Morgan fingerprint density at radius 1 is 0.750 bits per heavy atom. The average Bonchev–Trinajstić information content (AvgIpc) is 2.43. The highest BCUT2D eigenvalue weighted by atomic mass is 19.2. The summed E-state index contributed by atoms with van der Waals surface area (Å²) in [6.45, 7) is -0.755. The first-order chi connectivity index (χ1) is 9.38. The molecule has 0 amide bonds. The molecule has 0 atom stereocenters. The zero-order chi connectivity index (χ0) is 15.0. The van der Waals surface area contributed by atoms with E-state index < -0.39 is 52.6 Å². The third-order valence-electron chi connectivity index (χ3n) is 2.72. The third-order valence-corrected chi connectivity index (χ3v) is 2.72. The van der Waals surface area contributed by atoms with Gasteiger partial charge in [-0.25, -0.2) is 26.3 Å². The Morgan fingerprint density at radius 3 is 1.75 bits per heavy atom. The lowest BCUT2D eigenvalue weighted by Gasteiger charge is -2.11. The van der Waals surface area contributed by atoms with Crippen LogP contribution in [0.15, 0.2) is 18.2 Å². The van der Waals surface area contributed by atoms with E-state index in [-0.39, 0.29) is 5.56 Å². The van der Waals surface area contributed by atoms with Gasteiger partial charge in [-0.3, -0.25) is 0 Å². The highest BCUT2D eigenvalue weighted by Gasteiger charge is 2.27. The fraction of sp³-hybridized carbons (Fsp3) is 0.0769. The summed E-state index contributed by atoms with van der Waals surface area (Å²) in [7, 11) is 0. The molecule has 0 aliphatic heterocycles. The van der Waals surface area contributed by atoms with Gasteiger partial charge in [0.25, 0.3) is 0 Å². The van der Waals surface area contributed by atoms with Crippen molar-refractivity contribution in [3.63, 3.8) is 0 Å². The molecule has 0 radical (unpaired) electrons. The molecule has 1 N–H and O–H groups in total. The SMILES string of the molecule is OCc1ccc(F)cc1-c1c(F)c(F)c(F)c(F)c1F. The number of hydrogen-bond donors (Lipinski definition) is 1. The molecule has 0 fully saturated rings. The van der Waals surface area contributed by atoms with Crippen LogP contribution in [0.5, 0.6) is 0 Å². The van der Waals surface area contributed by atoms with Crippen LogP contribution in [0.3, 0.4) is 0 Å². The summed E-state index contributed by atoms with van der Waals surface area (Å²) >= 11 is 0. The molecule has 0 heterocycles.